The molecule has 7 heteroatoms. The van der Waals surface area contributed by atoms with Crippen molar-refractivity contribution in [1.29, 1.82) is 0 Å². The fraction of sp³-hybridized carbons (Fsp3) is 0.150. The predicted octanol–water partition coefficient (Wildman–Crippen LogP) is 4.33. The normalized spacial score (nSPS) is 11.6. The number of aromatic nitrogens is 1. The fourth-order valence-corrected chi connectivity index (χ4v) is 3.23. The third-order valence-electron chi connectivity index (χ3n) is 3.74. The summed E-state index contributed by atoms with van der Waals surface area (Å²) in [4.78, 5) is 28.7. The van der Waals surface area contributed by atoms with Crippen LogP contribution in [0.4, 0.5) is 0 Å². The summed E-state index contributed by atoms with van der Waals surface area (Å²) >= 11 is 7.35. The molecule has 0 bridgehead atoms. The van der Waals surface area contributed by atoms with Crippen LogP contribution in [0.15, 0.2) is 60.0 Å². The van der Waals surface area contributed by atoms with E-state index in [0.29, 0.717) is 16.3 Å². The zero-order valence-electron chi connectivity index (χ0n) is 14.5. The van der Waals surface area contributed by atoms with Gasteiger partial charge in [0, 0.05) is 21.5 Å². The highest BCUT2D eigenvalue weighted by atomic mass is 35.5. The Labute approximate surface area is 166 Å². The second-order valence-electron chi connectivity index (χ2n) is 5.82. The quantitative estimate of drug-likeness (QED) is 0.625. The zero-order valence-corrected chi connectivity index (χ0v) is 16.1. The maximum atomic E-state index is 12.1. The molecule has 3 aromatic rings. The first-order valence-electron chi connectivity index (χ1n) is 8.26. The number of hydrogen-bond acceptors (Lipinski definition) is 5. The van der Waals surface area contributed by atoms with Crippen LogP contribution < -0.4 is 5.32 Å². The first-order valence-corrected chi connectivity index (χ1v) is 9.51. The van der Waals surface area contributed by atoms with Crippen LogP contribution in [0.5, 0.6) is 0 Å². The average Bonchev–Trinajstić information content (AvgIpc) is 3.16. The van der Waals surface area contributed by atoms with Gasteiger partial charge >= 0.3 is 5.97 Å². The second kappa shape index (κ2) is 8.79. The molecule has 1 aromatic heterocycles. The van der Waals surface area contributed by atoms with Crippen molar-refractivity contribution < 1.29 is 14.3 Å². The van der Waals surface area contributed by atoms with Crippen LogP contribution in [-0.4, -0.2) is 22.9 Å². The van der Waals surface area contributed by atoms with Gasteiger partial charge in [-0.15, -0.1) is 11.3 Å². The summed E-state index contributed by atoms with van der Waals surface area (Å²) in [6.45, 7) is 1.64. The molecule has 1 atom stereocenters. The van der Waals surface area contributed by atoms with Crippen molar-refractivity contribution in [2.45, 2.75) is 19.6 Å². The molecular formula is C20H17ClN2O3S. The number of thiazole rings is 1. The maximum Gasteiger partial charge on any atom is 0.328 e. The molecule has 0 saturated heterocycles. The number of ether oxygens (including phenoxy) is 1. The fourth-order valence-electron chi connectivity index (χ4n) is 2.30. The SMILES string of the molecule is C[C@H](NC(=O)c1ccccc1)C(=O)OCc1csc(-c2ccc(Cl)cc2)n1. The van der Waals surface area contributed by atoms with Crippen LogP contribution in [0, 0.1) is 0 Å². The molecule has 3 rings (SSSR count). The van der Waals surface area contributed by atoms with Gasteiger partial charge in [-0.05, 0) is 31.2 Å². The smallest absolute Gasteiger partial charge is 0.328 e. The van der Waals surface area contributed by atoms with Gasteiger partial charge in [-0.3, -0.25) is 4.79 Å². The minimum atomic E-state index is -0.757. The van der Waals surface area contributed by atoms with Crippen molar-refractivity contribution in [2.24, 2.45) is 0 Å². The summed E-state index contributed by atoms with van der Waals surface area (Å²) in [5, 5.41) is 5.95. The number of benzene rings is 2. The third kappa shape index (κ3) is 5.15. The molecule has 0 aliphatic carbocycles. The number of nitrogens with one attached hydrogen (secondary N) is 1. The number of rotatable bonds is 6. The molecular weight excluding hydrogens is 384 g/mol. The molecule has 0 unspecified atom stereocenters. The van der Waals surface area contributed by atoms with E-state index in [1.54, 1.807) is 43.3 Å². The Morgan fingerprint density at radius 3 is 2.56 bits per heavy atom. The van der Waals surface area contributed by atoms with Gasteiger partial charge in [0.1, 0.15) is 17.7 Å². The molecule has 1 amide bonds. The summed E-state index contributed by atoms with van der Waals surface area (Å²) in [5.74, 6) is -0.834. The van der Waals surface area contributed by atoms with E-state index in [4.69, 9.17) is 16.3 Å². The van der Waals surface area contributed by atoms with Gasteiger partial charge in [0.15, 0.2) is 0 Å². The van der Waals surface area contributed by atoms with Crippen molar-refractivity contribution in [3.05, 3.63) is 76.3 Å². The lowest BCUT2D eigenvalue weighted by atomic mass is 10.2. The summed E-state index contributed by atoms with van der Waals surface area (Å²) in [7, 11) is 0. The summed E-state index contributed by atoms with van der Waals surface area (Å²) in [6.07, 6.45) is 0. The average molecular weight is 401 g/mol. The summed E-state index contributed by atoms with van der Waals surface area (Å²) < 4.78 is 5.26. The molecule has 1 heterocycles. The molecule has 1 N–H and O–H groups in total. The number of amides is 1. The molecule has 2 aromatic carbocycles. The molecule has 0 radical (unpaired) electrons. The maximum absolute atomic E-state index is 12.1. The van der Waals surface area contributed by atoms with Crippen LogP contribution >= 0.6 is 22.9 Å². The van der Waals surface area contributed by atoms with Crippen LogP contribution in [-0.2, 0) is 16.1 Å². The van der Waals surface area contributed by atoms with Gasteiger partial charge < -0.3 is 10.1 Å². The van der Waals surface area contributed by atoms with E-state index < -0.39 is 12.0 Å². The van der Waals surface area contributed by atoms with E-state index in [1.165, 1.54) is 11.3 Å². The number of halogens is 1. The van der Waals surface area contributed by atoms with Gasteiger partial charge in [-0.25, -0.2) is 9.78 Å². The molecule has 0 spiro atoms. The van der Waals surface area contributed by atoms with Crippen molar-refractivity contribution in [3.63, 3.8) is 0 Å². The van der Waals surface area contributed by atoms with Gasteiger partial charge in [-0.2, -0.15) is 0 Å². The summed E-state index contributed by atoms with van der Waals surface area (Å²) in [6, 6.07) is 15.3. The zero-order chi connectivity index (χ0) is 19.2. The lowest BCUT2D eigenvalue weighted by molar-refractivity contribution is -0.146. The Morgan fingerprint density at radius 1 is 1.15 bits per heavy atom. The lowest BCUT2D eigenvalue weighted by Crippen LogP contribution is -2.39. The monoisotopic (exact) mass is 400 g/mol. The van der Waals surface area contributed by atoms with Gasteiger partial charge in [0.05, 0.1) is 5.69 Å². The van der Waals surface area contributed by atoms with Gasteiger partial charge in [0.25, 0.3) is 5.91 Å². The molecule has 5 nitrogen and oxygen atoms in total. The van der Waals surface area contributed by atoms with Gasteiger partial charge in [0.2, 0.25) is 0 Å². The minimum absolute atomic E-state index is 0.0501. The van der Waals surface area contributed by atoms with Crippen molar-refractivity contribution in [1.82, 2.24) is 10.3 Å². The van der Waals surface area contributed by atoms with E-state index in [0.717, 1.165) is 10.6 Å². The Balaban J connectivity index is 1.53. The second-order valence-corrected chi connectivity index (χ2v) is 7.11. The Morgan fingerprint density at radius 2 is 1.85 bits per heavy atom. The Kier molecular flexibility index (Phi) is 6.21. The highest BCUT2D eigenvalue weighted by Gasteiger charge is 2.18. The lowest BCUT2D eigenvalue weighted by Gasteiger charge is -2.13. The first kappa shape index (κ1) is 19.1. The number of hydrogen-bond donors (Lipinski definition) is 1. The predicted molar refractivity (Wildman–Crippen MR) is 106 cm³/mol. The minimum Gasteiger partial charge on any atom is -0.458 e. The number of esters is 1. The summed E-state index contributed by atoms with van der Waals surface area (Å²) in [5.41, 5.74) is 2.09. The van der Waals surface area contributed by atoms with E-state index >= 15 is 0 Å². The number of carbonyl (C=O) groups is 2. The van der Waals surface area contributed by atoms with Crippen molar-refractivity contribution in [3.8, 4) is 10.6 Å². The van der Waals surface area contributed by atoms with E-state index in [-0.39, 0.29) is 12.5 Å². The Hall–Kier alpha value is -2.70. The van der Waals surface area contributed by atoms with E-state index in [2.05, 4.69) is 10.3 Å². The molecule has 0 aliphatic rings. The largest absolute Gasteiger partial charge is 0.458 e. The third-order valence-corrected chi connectivity index (χ3v) is 4.93. The van der Waals surface area contributed by atoms with E-state index in [9.17, 15) is 9.59 Å². The topological polar surface area (TPSA) is 68.3 Å². The van der Waals surface area contributed by atoms with Crippen LogP contribution in [0.1, 0.15) is 23.0 Å². The van der Waals surface area contributed by atoms with Crippen molar-refractivity contribution >= 4 is 34.8 Å². The molecule has 138 valence electrons. The van der Waals surface area contributed by atoms with Crippen LogP contribution in [0.3, 0.4) is 0 Å². The highest BCUT2D eigenvalue weighted by Crippen LogP contribution is 2.25. The van der Waals surface area contributed by atoms with Crippen LogP contribution in [0.25, 0.3) is 10.6 Å². The molecule has 0 saturated carbocycles. The Bertz CT molecular complexity index is 926. The highest BCUT2D eigenvalue weighted by molar-refractivity contribution is 7.13. The van der Waals surface area contributed by atoms with Crippen LogP contribution in [0.2, 0.25) is 5.02 Å². The van der Waals surface area contributed by atoms with Gasteiger partial charge in [-0.1, -0.05) is 41.9 Å². The number of carbonyl (C=O) groups excluding carboxylic acids is 2. The first-order chi connectivity index (χ1) is 13.0. The molecule has 0 fully saturated rings. The van der Waals surface area contributed by atoms with Crippen molar-refractivity contribution in [2.75, 3.05) is 0 Å². The molecule has 27 heavy (non-hydrogen) atoms. The van der Waals surface area contributed by atoms with E-state index in [1.807, 2.05) is 23.6 Å². The number of nitrogens with zero attached hydrogens (tertiary/aromatic N) is 1. The molecule has 0 aliphatic heterocycles. The standard InChI is InChI=1S/C20H17ClN2O3S/c1-13(22-18(24)14-5-3-2-4-6-14)20(25)26-11-17-12-27-19(23-17)15-7-9-16(21)10-8-15/h2-10,12-13H,11H2,1H3,(H,22,24)/t13-/m0/s1.